The van der Waals surface area contributed by atoms with Gasteiger partial charge in [0.1, 0.15) is 11.4 Å². The van der Waals surface area contributed by atoms with E-state index < -0.39 is 0 Å². The molecule has 25 heavy (non-hydrogen) atoms. The average molecular weight is 354 g/mol. The zero-order chi connectivity index (χ0) is 17.2. The molecule has 2 heterocycles. The molecule has 0 unspecified atom stereocenters. The lowest BCUT2D eigenvalue weighted by molar-refractivity contribution is 0.0940. The lowest BCUT2D eigenvalue weighted by atomic mass is 10.2. The Morgan fingerprint density at radius 3 is 2.72 bits per heavy atom. The van der Waals surface area contributed by atoms with Gasteiger partial charge in [0.2, 0.25) is 0 Å². The standard InChI is InChI=1S/C20H22N2O2S/c1-24-16-8-6-14(7-9-16)13-21-20(23)18-12-19-17(10-11-25-19)22(18)15-4-2-3-5-15/h6-12,15H,2-5,13H2,1H3,(H,21,23). The number of carbonyl (C=O) groups excluding carboxylic acids is 1. The molecular formula is C20H22N2O2S. The van der Waals surface area contributed by atoms with Gasteiger partial charge in [-0.15, -0.1) is 11.3 Å². The fraction of sp³-hybridized carbons (Fsp3) is 0.350. The molecule has 1 saturated carbocycles. The Kier molecular flexibility index (Phi) is 4.49. The van der Waals surface area contributed by atoms with E-state index in [-0.39, 0.29) is 5.91 Å². The molecule has 130 valence electrons. The van der Waals surface area contributed by atoms with Gasteiger partial charge >= 0.3 is 0 Å². The summed E-state index contributed by atoms with van der Waals surface area (Å²) in [5.74, 6) is 0.830. The summed E-state index contributed by atoms with van der Waals surface area (Å²) in [5.41, 5.74) is 3.06. The second kappa shape index (κ2) is 6.92. The number of benzene rings is 1. The van der Waals surface area contributed by atoms with E-state index >= 15 is 0 Å². The van der Waals surface area contributed by atoms with Gasteiger partial charge in [-0.05, 0) is 48.1 Å². The molecule has 4 nitrogen and oxygen atoms in total. The second-order valence-electron chi connectivity index (χ2n) is 6.54. The molecule has 5 heteroatoms. The summed E-state index contributed by atoms with van der Waals surface area (Å²) in [6.07, 6.45) is 4.83. The molecule has 1 aliphatic rings. The summed E-state index contributed by atoms with van der Waals surface area (Å²) in [6, 6.07) is 12.4. The number of hydrogen-bond donors (Lipinski definition) is 1. The van der Waals surface area contributed by atoms with Crippen LogP contribution in [0.25, 0.3) is 10.2 Å². The van der Waals surface area contributed by atoms with Crippen molar-refractivity contribution in [1.29, 1.82) is 0 Å². The van der Waals surface area contributed by atoms with Gasteiger partial charge in [0.15, 0.2) is 0 Å². The van der Waals surface area contributed by atoms with E-state index in [4.69, 9.17) is 4.74 Å². The van der Waals surface area contributed by atoms with E-state index in [1.165, 1.54) is 35.9 Å². The van der Waals surface area contributed by atoms with Crippen molar-refractivity contribution in [3.8, 4) is 5.75 Å². The van der Waals surface area contributed by atoms with E-state index in [1.807, 2.05) is 30.3 Å². The van der Waals surface area contributed by atoms with Gasteiger partial charge in [-0.1, -0.05) is 25.0 Å². The number of nitrogens with zero attached hydrogens (tertiary/aromatic N) is 1. The van der Waals surface area contributed by atoms with Crippen molar-refractivity contribution < 1.29 is 9.53 Å². The maximum Gasteiger partial charge on any atom is 0.268 e. The number of rotatable bonds is 5. The van der Waals surface area contributed by atoms with Crippen molar-refractivity contribution in [2.75, 3.05) is 7.11 Å². The number of methoxy groups -OCH3 is 1. The van der Waals surface area contributed by atoms with Gasteiger partial charge in [-0.3, -0.25) is 4.79 Å². The second-order valence-corrected chi connectivity index (χ2v) is 7.49. The molecule has 2 aromatic heterocycles. The van der Waals surface area contributed by atoms with Crippen LogP contribution in [0.5, 0.6) is 5.75 Å². The summed E-state index contributed by atoms with van der Waals surface area (Å²) in [4.78, 5) is 12.8. The molecule has 0 bridgehead atoms. The minimum atomic E-state index is 0.00566. The molecule has 1 aliphatic carbocycles. The molecule has 0 aliphatic heterocycles. The van der Waals surface area contributed by atoms with Gasteiger partial charge in [-0.2, -0.15) is 0 Å². The number of nitrogens with one attached hydrogen (secondary N) is 1. The number of carbonyl (C=O) groups is 1. The first-order valence-electron chi connectivity index (χ1n) is 8.76. The van der Waals surface area contributed by atoms with Gasteiger partial charge < -0.3 is 14.6 Å². The number of aromatic nitrogens is 1. The molecule has 1 fully saturated rings. The van der Waals surface area contributed by atoms with Crippen LogP contribution in [0.2, 0.25) is 0 Å². The Balaban J connectivity index is 1.54. The van der Waals surface area contributed by atoms with Crippen molar-refractivity contribution in [2.45, 2.75) is 38.3 Å². The molecule has 0 spiro atoms. The average Bonchev–Trinajstić information content (AvgIpc) is 3.36. The first-order valence-corrected chi connectivity index (χ1v) is 9.64. The van der Waals surface area contributed by atoms with Crippen molar-refractivity contribution in [2.24, 2.45) is 0 Å². The zero-order valence-corrected chi connectivity index (χ0v) is 15.1. The molecule has 0 saturated heterocycles. The van der Waals surface area contributed by atoms with Crippen molar-refractivity contribution in [3.63, 3.8) is 0 Å². The van der Waals surface area contributed by atoms with Crippen LogP contribution in [0.4, 0.5) is 0 Å². The van der Waals surface area contributed by atoms with Crippen molar-refractivity contribution in [3.05, 3.63) is 53.0 Å². The van der Waals surface area contributed by atoms with Gasteiger partial charge in [-0.25, -0.2) is 0 Å². The van der Waals surface area contributed by atoms with E-state index in [1.54, 1.807) is 18.4 Å². The van der Waals surface area contributed by atoms with Gasteiger partial charge in [0.05, 0.1) is 17.3 Å². The van der Waals surface area contributed by atoms with E-state index in [0.29, 0.717) is 12.6 Å². The topological polar surface area (TPSA) is 43.3 Å². The summed E-state index contributed by atoms with van der Waals surface area (Å²) in [6.45, 7) is 0.520. The van der Waals surface area contributed by atoms with Crippen LogP contribution < -0.4 is 10.1 Å². The van der Waals surface area contributed by atoms with Crippen LogP contribution in [0, 0.1) is 0 Å². The smallest absolute Gasteiger partial charge is 0.268 e. The Morgan fingerprint density at radius 2 is 2.00 bits per heavy atom. The largest absolute Gasteiger partial charge is 0.497 e. The third-order valence-corrected chi connectivity index (χ3v) is 5.85. The molecule has 0 atom stereocenters. The zero-order valence-electron chi connectivity index (χ0n) is 14.3. The summed E-state index contributed by atoms with van der Waals surface area (Å²) >= 11 is 1.70. The quantitative estimate of drug-likeness (QED) is 0.718. The van der Waals surface area contributed by atoms with Crippen LogP contribution >= 0.6 is 11.3 Å². The summed E-state index contributed by atoms with van der Waals surface area (Å²) < 4.78 is 8.63. The molecule has 1 N–H and O–H groups in total. The first-order chi connectivity index (χ1) is 12.3. The molecule has 1 aromatic carbocycles. The number of thiophene rings is 1. The maximum absolute atomic E-state index is 12.8. The summed E-state index contributed by atoms with van der Waals surface area (Å²) in [7, 11) is 1.65. The van der Waals surface area contributed by atoms with E-state index in [2.05, 4.69) is 21.3 Å². The Hall–Kier alpha value is -2.27. The number of fused-ring (bicyclic) bond motifs is 1. The Bertz CT molecular complexity index is 873. The maximum atomic E-state index is 12.8. The van der Waals surface area contributed by atoms with Crippen LogP contribution in [0.3, 0.4) is 0 Å². The lowest BCUT2D eigenvalue weighted by Gasteiger charge is -2.17. The van der Waals surface area contributed by atoms with Gasteiger partial charge in [0, 0.05) is 12.6 Å². The van der Waals surface area contributed by atoms with Gasteiger partial charge in [0.25, 0.3) is 5.91 Å². The third kappa shape index (κ3) is 3.16. The lowest BCUT2D eigenvalue weighted by Crippen LogP contribution is -2.26. The van der Waals surface area contributed by atoms with Crippen LogP contribution in [-0.2, 0) is 6.54 Å². The van der Waals surface area contributed by atoms with Crippen molar-refractivity contribution >= 4 is 27.5 Å². The van der Waals surface area contributed by atoms with Crippen LogP contribution in [0.15, 0.2) is 41.8 Å². The molecule has 1 amide bonds. The molecule has 3 aromatic rings. The highest BCUT2D eigenvalue weighted by molar-refractivity contribution is 7.17. The Labute approximate surface area is 151 Å². The highest BCUT2D eigenvalue weighted by Crippen LogP contribution is 2.36. The van der Waals surface area contributed by atoms with E-state index in [9.17, 15) is 4.79 Å². The van der Waals surface area contributed by atoms with Crippen molar-refractivity contribution in [1.82, 2.24) is 9.88 Å². The SMILES string of the molecule is COc1ccc(CNC(=O)c2cc3sccc3n2C2CCCC2)cc1. The number of hydrogen-bond acceptors (Lipinski definition) is 3. The fourth-order valence-electron chi connectivity index (χ4n) is 3.69. The minimum Gasteiger partial charge on any atom is -0.497 e. The van der Waals surface area contributed by atoms with E-state index in [0.717, 1.165) is 17.0 Å². The van der Waals surface area contributed by atoms with Crippen LogP contribution in [-0.4, -0.2) is 17.6 Å². The number of ether oxygens (including phenoxy) is 1. The predicted molar refractivity (Wildman–Crippen MR) is 101 cm³/mol. The first kappa shape index (κ1) is 16.2. The highest BCUT2D eigenvalue weighted by atomic mass is 32.1. The number of amides is 1. The molecule has 4 rings (SSSR count). The molecule has 0 radical (unpaired) electrons. The highest BCUT2D eigenvalue weighted by Gasteiger charge is 2.24. The monoisotopic (exact) mass is 354 g/mol. The normalized spacial score (nSPS) is 14.9. The predicted octanol–water partition coefficient (Wildman–Crippen LogP) is 4.76. The molecular weight excluding hydrogens is 332 g/mol. The Morgan fingerprint density at radius 1 is 1.24 bits per heavy atom. The third-order valence-electron chi connectivity index (χ3n) is 4.99. The fourth-order valence-corrected chi connectivity index (χ4v) is 4.50. The summed E-state index contributed by atoms with van der Waals surface area (Å²) in [5, 5.41) is 5.18. The minimum absolute atomic E-state index is 0.00566. The van der Waals surface area contributed by atoms with Crippen LogP contribution in [0.1, 0.15) is 47.8 Å².